The second-order valence-corrected chi connectivity index (χ2v) is 6.11. The summed E-state index contributed by atoms with van der Waals surface area (Å²) in [5, 5.41) is 6.76. The van der Waals surface area contributed by atoms with Gasteiger partial charge in [-0.2, -0.15) is 0 Å². The summed E-state index contributed by atoms with van der Waals surface area (Å²) in [6, 6.07) is 20.8. The van der Waals surface area contributed by atoms with E-state index in [1.54, 1.807) is 42.6 Å². The molecule has 0 saturated carbocycles. The molecule has 0 aliphatic heterocycles. The van der Waals surface area contributed by atoms with Crippen molar-refractivity contribution in [1.29, 1.82) is 0 Å². The van der Waals surface area contributed by atoms with Crippen molar-refractivity contribution < 1.29 is 4.79 Å². The lowest BCUT2D eigenvalue weighted by atomic mass is 10.1. The van der Waals surface area contributed by atoms with Gasteiger partial charge in [0, 0.05) is 22.9 Å². The minimum absolute atomic E-state index is 0.127. The normalized spacial score (nSPS) is 11.6. The Morgan fingerprint density at radius 2 is 1.72 bits per heavy atom. The van der Waals surface area contributed by atoms with Crippen LogP contribution in [0.15, 0.2) is 72.9 Å². The van der Waals surface area contributed by atoms with E-state index in [9.17, 15) is 4.79 Å². The average molecular weight is 352 g/mol. The molecule has 0 saturated heterocycles. The van der Waals surface area contributed by atoms with Gasteiger partial charge < -0.3 is 10.6 Å². The number of aromatic nitrogens is 1. The highest BCUT2D eigenvalue weighted by molar-refractivity contribution is 6.30. The minimum Gasteiger partial charge on any atom is -0.364 e. The molecule has 3 rings (SSSR count). The molecule has 126 valence electrons. The van der Waals surface area contributed by atoms with Crippen LogP contribution in [0, 0.1) is 0 Å². The van der Waals surface area contributed by atoms with Crippen LogP contribution in [-0.4, -0.2) is 10.9 Å². The van der Waals surface area contributed by atoms with Crippen LogP contribution in [0.5, 0.6) is 0 Å². The molecule has 3 aromatic rings. The Bertz CT molecular complexity index is 833. The molecule has 0 fully saturated rings. The first-order valence-corrected chi connectivity index (χ1v) is 8.34. The smallest absolute Gasteiger partial charge is 0.257 e. The van der Waals surface area contributed by atoms with Crippen molar-refractivity contribution in [3.8, 4) is 0 Å². The van der Waals surface area contributed by atoms with Crippen LogP contribution in [0.3, 0.4) is 0 Å². The third-order valence-corrected chi connectivity index (χ3v) is 4.04. The summed E-state index contributed by atoms with van der Waals surface area (Å²) in [7, 11) is 0. The SMILES string of the molecule is CC(Nc1ccc(C(=O)Nc2ccc(Cl)cc2)cn1)c1ccccc1. The van der Waals surface area contributed by atoms with Crippen LogP contribution in [-0.2, 0) is 0 Å². The van der Waals surface area contributed by atoms with Crippen molar-refractivity contribution in [2.75, 3.05) is 10.6 Å². The first-order chi connectivity index (χ1) is 12.1. The van der Waals surface area contributed by atoms with Gasteiger partial charge >= 0.3 is 0 Å². The van der Waals surface area contributed by atoms with Gasteiger partial charge in [0.15, 0.2) is 0 Å². The van der Waals surface area contributed by atoms with Crippen LogP contribution in [0.25, 0.3) is 0 Å². The molecule has 1 aromatic heterocycles. The fourth-order valence-corrected chi connectivity index (χ4v) is 2.52. The van der Waals surface area contributed by atoms with Crippen molar-refractivity contribution in [1.82, 2.24) is 4.98 Å². The van der Waals surface area contributed by atoms with Crippen LogP contribution < -0.4 is 10.6 Å². The average Bonchev–Trinajstić information content (AvgIpc) is 2.65. The van der Waals surface area contributed by atoms with E-state index in [4.69, 9.17) is 11.6 Å². The van der Waals surface area contributed by atoms with E-state index in [-0.39, 0.29) is 11.9 Å². The van der Waals surface area contributed by atoms with Crippen molar-refractivity contribution in [3.05, 3.63) is 89.1 Å². The van der Waals surface area contributed by atoms with Crippen molar-refractivity contribution >= 4 is 29.0 Å². The van der Waals surface area contributed by atoms with E-state index in [0.29, 0.717) is 16.3 Å². The second kappa shape index (κ2) is 7.81. The van der Waals surface area contributed by atoms with E-state index < -0.39 is 0 Å². The predicted octanol–water partition coefficient (Wildman–Crippen LogP) is 5.16. The molecule has 1 atom stereocenters. The summed E-state index contributed by atoms with van der Waals surface area (Å²) in [5.74, 6) is 0.511. The first kappa shape index (κ1) is 17.0. The Morgan fingerprint density at radius 1 is 1.00 bits per heavy atom. The molecular weight excluding hydrogens is 334 g/mol. The highest BCUT2D eigenvalue weighted by Crippen LogP contribution is 2.18. The maximum atomic E-state index is 12.2. The molecule has 2 aromatic carbocycles. The molecular formula is C20H18ClN3O. The standard InChI is InChI=1S/C20H18ClN3O/c1-14(15-5-3-2-4-6-15)23-19-12-7-16(13-22-19)20(25)24-18-10-8-17(21)9-11-18/h2-14H,1H3,(H,22,23)(H,24,25). The number of nitrogens with zero attached hydrogens (tertiary/aromatic N) is 1. The number of carbonyl (C=O) groups is 1. The summed E-state index contributed by atoms with van der Waals surface area (Å²) < 4.78 is 0. The number of amides is 1. The van der Waals surface area contributed by atoms with Gasteiger partial charge in [-0.15, -0.1) is 0 Å². The molecule has 2 N–H and O–H groups in total. The quantitative estimate of drug-likeness (QED) is 0.667. The Labute approximate surface area is 151 Å². The molecule has 25 heavy (non-hydrogen) atoms. The van der Waals surface area contributed by atoms with Crippen LogP contribution in [0.1, 0.15) is 28.9 Å². The predicted molar refractivity (Wildman–Crippen MR) is 102 cm³/mol. The highest BCUT2D eigenvalue weighted by Gasteiger charge is 2.09. The molecule has 0 aliphatic rings. The summed E-state index contributed by atoms with van der Waals surface area (Å²) in [4.78, 5) is 16.6. The van der Waals surface area contributed by atoms with Crippen molar-refractivity contribution in [3.63, 3.8) is 0 Å². The van der Waals surface area contributed by atoms with E-state index >= 15 is 0 Å². The number of rotatable bonds is 5. The lowest BCUT2D eigenvalue weighted by Crippen LogP contribution is -2.13. The van der Waals surface area contributed by atoms with Gasteiger partial charge in [0.1, 0.15) is 5.82 Å². The number of benzene rings is 2. The van der Waals surface area contributed by atoms with Crippen molar-refractivity contribution in [2.24, 2.45) is 0 Å². The fraction of sp³-hybridized carbons (Fsp3) is 0.100. The Kier molecular flexibility index (Phi) is 5.31. The molecule has 0 bridgehead atoms. The van der Waals surface area contributed by atoms with Gasteiger partial charge in [-0.1, -0.05) is 41.9 Å². The summed E-state index contributed by atoms with van der Waals surface area (Å²) in [6.07, 6.45) is 1.56. The highest BCUT2D eigenvalue weighted by atomic mass is 35.5. The van der Waals surface area contributed by atoms with Crippen LogP contribution >= 0.6 is 11.6 Å². The number of anilines is 2. The molecule has 4 nitrogen and oxygen atoms in total. The summed E-state index contributed by atoms with van der Waals surface area (Å²) >= 11 is 5.84. The monoisotopic (exact) mass is 351 g/mol. The first-order valence-electron chi connectivity index (χ1n) is 7.96. The topological polar surface area (TPSA) is 54.0 Å². The maximum absolute atomic E-state index is 12.2. The number of halogens is 1. The number of nitrogens with one attached hydrogen (secondary N) is 2. The zero-order valence-corrected chi connectivity index (χ0v) is 14.5. The lowest BCUT2D eigenvalue weighted by Gasteiger charge is -2.15. The molecule has 0 spiro atoms. The molecule has 1 unspecified atom stereocenters. The second-order valence-electron chi connectivity index (χ2n) is 5.67. The molecule has 1 amide bonds. The molecule has 0 radical (unpaired) electrons. The third-order valence-electron chi connectivity index (χ3n) is 3.79. The van der Waals surface area contributed by atoms with Gasteiger partial charge in [0.2, 0.25) is 0 Å². The van der Waals surface area contributed by atoms with Gasteiger partial charge in [-0.05, 0) is 48.9 Å². The third kappa shape index (κ3) is 4.58. The van der Waals surface area contributed by atoms with Crippen LogP contribution in [0.4, 0.5) is 11.5 Å². The molecule has 1 heterocycles. The summed E-state index contributed by atoms with van der Waals surface area (Å²) in [6.45, 7) is 2.07. The number of pyridine rings is 1. The van der Waals surface area contributed by atoms with E-state index in [1.807, 2.05) is 18.2 Å². The van der Waals surface area contributed by atoms with Crippen molar-refractivity contribution in [2.45, 2.75) is 13.0 Å². The lowest BCUT2D eigenvalue weighted by molar-refractivity contribution is 0.102. The van der Waals surface area contributed by atoms with Gasteiger partial charge in [-0.25, -0.2) is 4.98 Å². The van der Waals surface area contributed by atoms with E-state index in [1.165, 1.54) is 5.56 Å². The van der Waals surface area contributed by atoms with Gasteiger partial charge in [0.25, 0.3) is 5.91 Å². The molecule has 0 aliphatic carbocycles. The van der Waals surface area contributed by atoms with Gasteiger partial charge in [-0.3, -0.25) is 4.79 Å². The number of carbonyl (C=O) groups excluding carboxylic acids is 1. The maximum Gasteiger partial charge on any atom is 0.257 e. The Balaban J connectivity index is 1.63. The fourth-order valence-electron chi connectivity index (χ4n) is 2.40. The van der Waals surface area contributed by atoms with Crippen LogP contribution in [0.2, 0.25) is 5.02 Å². The summed E-state index contributed by atoms with van der Waals surface area (Å²) in [5.41, 5.74) is 2.36. The Morgan fingerprint density at radius 3 is 2.36 bits per heavy atom. The van der Waals surface area contributed by atoms with E-state index in [0.717, 1.165) is 5.82 Å². The number of hydrogen-bond donors (Lipinski definition) is 2. The van der Waals surface area contributed by atoms with Gasteiger partial charge in [0.05, 0.1) is 5.56 Å². The largest absolute Gasteiger partial charge is 0.364 e. The minimum atomic E-state index is -0.211. The zero-order valence-electron chi connectivity index (χ0n) is 13.7. The Hall–Kier alpha value is -2.85. The van der Waals surface area contributed by atoms with E-state index in [2.05, 4.69) is 34.7 Å². The zero-order chi connectivity index (χ0) is 17.6. The number of hydrogen-bond acceptors (Lipinski definition) is 3. The molecule has 5 heteroatoms.